The molecule has 2 rings (SSSR count). The summed E-state index contributed by atoms with van der Waals surface area (Å²) in [6.07, 6.45) is -0.0195. The number of nitriles is 1. The van der Waals surface area contributed by atoms with E-state index in [9.17, 15) is 20.3 Å². The minimum atomic E-state index is -1.02. The normalized spacial score (nSPS) is 18.4. The second kappa shape index (κ2) is 6.25. The number of hydrogen-bond acceptors (Lipinski definition) is 4. The van der Waals surface area contributed by atoms with Crippen LogP contribution in [0.3, 0.4) is 0 Å². The summed E-state index contributed by atoms with van der Waals surface area (Å²) in [5.41, 5.74) is 1.09. The van der Waals surface area contributed by atoms with Gasteiger partial charge in [0, 0.05) is 13.5 Å². The van der Waals surface area contributed by atoms with Gasteiger partial charge in [-0.25, -0.2) is 0 Å². The Morgan fingerprint density at radius 2 is 2.19 bits per heavy atom. The lowest BCUT2D eigenvalue weighted by molar-refractivity contribution is -0.119. The fraction of sp³-hybridized carbons (Fsp3) is 0.500. The van der Waals surface area contributed by atoms with E-state index >= 15 is 0 Å². The number of hydrogen-bond donors (Lipinski definition) is 3. The summed E-state index contributed by atoms with van der Waals surface area (Å²) in [6, 6.07) is 9.54. The molecule has 2 unspecified atom stereocenters. The molecule has 1 amide bonds. The van der Waals surface area contributed by atoms with E-state index < -0.39 is 17.6 Å². The molecule has 0 aromatic heterocycles. The van der Waals surface area contributed by atoms with Crippen molar-refractivity contribution in [3.63, 3.8) is 0 Å². The van der Waals surface area contributed by atoms with Gasteiger partial charge in [-0.05, 0) is 30.4 Å². The van der Waals surface area contributed by atoms with Crippen molar-refractivity contribution in [2.24, 2.45) is 0 Å². The summed E-state index contributed by atoms with van der Waals surface area (Å²) in [7, 11) is 0. The molecule has 1 saturated carbocycles. The highest BCUT2D eigenvalue weighted by Gasteiger charge is 2.45. The van der Waals surface area contributed by atoms with Crippen LogP contribution in [0.4, 0.5) is 0 Å². The van der Waals surface area contributed by atoms with Gasteiger partial charge in [-0.3, -0.25) is 4.79 Å². The highest BCUT2D eigenvalue weighted by atomic mass is 16.3. The van der Waals surface area contributed by atoms with Gasteiger partial charge in [-0.1, -0.05) is 24.3 Å². The summed E-state index contributed by atoms with van der Waals surface area (Å²) in [6.45, 7) is 1.72. The largest absolute Gasteiger partial charge is 0.390 e. The summed E-state index contributed by atoms with van der Waals surface area (Å²) in [5.74, 6) is -0.164. The van der Waals surface area contributed by atoms with Crippen molar-refractivity contribution in [2.45, 2.75) is 43.8 Å². The van der Waals surface area contributed by atoms with Crippen LogP contribution >= 0.6 is 0 Å². The fourth-order valence-corrected chi connectivity index (χ4v) is 2.39. The number of aliphatic hydroxyl groups is 2. The molecule has 0 radical (unpaired) electrons. The van der Waals surface area contributed by atoms with Gasteiger partial charge in [-0.2, -0.15) is 5.26 Å². The third kappa shape index (κ3) is 3.60. The average molecular weight is 288 g/mol. The molecule has 5 heteroatoms. The van der Waals surface area contributed by atoms with Crippen LogP contribution in [0.25, 0.3) is 0 Å². The van der Waals surface area contributed by atoms with Crippen LogP contribution in [0.1, 0.15) is 43.4 Å². The molecule has 1 fully saturated rings. The smallest absolute Gasteiger partial charge is 0.216 e. The summed E-state index contributed by atoms with van der Waals surface area (Å²) in [5, 5.41) is 32.0. The van der Waals surface area contributed by atoms with Gasteiger partial charge in [0.25, 0.3) is 0 Å². The summed E-state index contributed by atoms with van der Waals surface area (Å²) < 4.78 is 0. The Kier molecular flexibility index (Phi) is 4.61. The molecule has 0 aliphatic heterocycles. The molecule has 1 aromatic carbocycles. The van der Waals surface area contributed by atoms with Crippen molar-refractivity contribution in [2.75, 3.05) is 6.54 Å². The SMILES string of the molecule is CC(=O)NCCC(O)C(O)c1cccc(C2(C#N)CC2)c1. The number of amides is 1. The van der Waals surface area contributed by atoms with Crippen molar-refractivity contribution < 1.29 is 15.0 Å². The Morgan fingerprint density at radius 1 is 1.48 bits per heavy atom. The average Bonchev–Trinajstić information content (AvgIpc) is 3.27. The van der Waals surface area contributed by atoms with E-state index in [4.69, 9.17) is 0 Å². The van der Waals surface area contributed by atoms with E-state index in [0.717, 1.165) is 18.4 Å². The predicted octanol–water partition coefficient (Wildman–Crippen LogP) is 1.16. The van der Waals surface area contributed by atoms with Crippen LogP contribution in [0, 0.1) is 11.3 Å². The van der Waals surface area contributed by atoms with E-state index in [-0.39, 0.29) is 12.3 Å². The van der Waals surface area contributed by atoms with E-state index in [2.05, 4.69) is 11.4 Å². The molecule has 0 heterocycles. The van der Waals surface area contributed by atoms with Crippen molar-refractivity contribution in [3.05, 3.63) is 35.4 Å². The second-order valence-corrected chi connectivity index (χ2v) is 5.60. The molecule has 112 valence electrons. The maximum atomic E-state index is 10.8. The molecule has 0 spiro atoms. The lowest BCUT2D eigenvalue weighted by Crippen LogP contribution is -2.27. The first-order valence-corrected chi connectivity index (χ1v) is 7.11. The molecule has 1 aliphatic rings. The number of rotatable bonds is 6. The molecule has 21 heavy (non-hydrogen) atoms. The Bertz CT molecular complexity index is 561. The quantitative estimate of drug-likeness (QED) is 0.732. The van der Waals surface area contributed by atoms with Crippen LogP contribution in [0.5, 0.6) is 0 Å². The zero-order valence-corrected chi connectivity index (χ0v) is 12.0. The lowest BCUT2D eigenvalue weighted by Gasteiger charge is -2.19. The highest BCUT2D eigenvalue weighted by Crippen LogP contribution is 2.47. The standard InChI is InChI=1S/C16H20N2O3/c1-11(19)18-8-5-14(20)15(21)12-3-2-4-13(9-12)16(10-17)6-7-16/h2-4,9,14-15,20-21H,5-8H2,1H3,(H,18,19). The number of nitrogens with one attached hydrogen (secondary N) is 1. The Labute approximate surface area is 124 Å². The predicted molar refractivity (Wildman–Crippen MR) is 77.2 cm³/mol. The topological polar surface area (TPSA) is 93.3 Å². The van der Waals surface area contributed by atoms with Gasteiger partial charge < -0.3 is 15.5 Å². The van der Waals surface area contributed by atoms with Gasteiger partial charge in [-0.15, -0.1) is 0 Å². The molecule has 0 bridgehead atoms. The molecule has 1 aromatic rings. The Morgan fingerprint density at radius 3 is 2.76 bits per heavy atom. The van der Waals surface area contributed by atoms with Crippen molar-refractivity contribution in [1.29, 1.82) is 5.26 Å². The second-order valence-electron chi connectivity index (χ2n) is 5.60. The molecule has 0 saturated heterocycles. The first-order chi connectivity index (χ1) is 9.98. The maximum absolute atomic E-state index is 10.8. The van der Waals surface area contributed by atoms with Crippen molar-refractivity contribution >= 4 is 5.91 Å². The molecule has 1 aliphatic carbocycles. The lowest BCUT2D eigenvalue weighted by atomic mass is 9.93. The zero-order chi connectivity index (χ0) is 15.5. The first kappa shape index (κ1) is 15.5. The number of carbonyl (C=O) groups is 1. The van der Waals surface area contributed by atoms with Gasteiger partial charge in [0.2, 0.25) is 5.91 Å². The van der Waals surface area contributed by atoms with Crippen LogP contribution in [0.15, 0.2) is 24.3 Å². The Balaban J connectivity index is 2.02. The van der Waals surface area contributed by atoms with Crippen molar-refractivity contribution in [1.82, 2.24) is 5.32 Å². The summed E-state index contributed by atoms with van der Waals surface area (Å²) in [4.78, 5) is 10.8. The third-order valence-electron chi connectivity index (χ3n) is 3.92. The fourth-order valence-electron chi connectivity index (χ4n) is 2.39. The van der Waals surface area contributed by atoms with Crippen LogP contribution < -0.4 is 5.32 Å². The van der Waals surface area contributed by atoms with E-state index in [1.165, 1.54) is 6.92 Å². The highest BCUT2D eigenvalue weighted by molar-refractivity contribution is 5.72. The Hall–Kier alpha value is -1.90. The summed E-state index contributed by atoms with van der Waals surface area (Å²) >= 11 is 0. The van der Waals surface area contributed by atoms with Crippen molar-refractivity contribution in [3.8, 4) is 6.07 Å². The molecular weight excluding hydrogens is 268 g/mol. The van der Waals surface area contributed by atoms with E-state index in [0.29, 0.717) is 12.1 Å². The number of aliphatic hydroxyl groups excluding tert-OH is 2. The zero-order valence-electron chi connectivity index (χ0n) is 12.0. The molecule has 5 nitrogen and oxygen atoms in total. The van der Waals surface area contributed by atoms with Gasteiger partial charge in [0.15, 0.2) is 0 Å². The third-order valence-corrected chi connectivity index (χ3v) is 3.92. The van der Waals surface area contributed by atoms with Gasteiger partial charge in [0.05, 0.1) is 17.6 Å². The number of benzene rings is 1. The van der Waals surface area contributed by atoms with Crippen LogP contribution in [-0.4, -0.2) is 28.8 Å². The molecular formula is C16H20N2O3. The van der Waals surface area contributed by atoms with E-state index in [1.807, 2.05) is 6.07 Å². The van der Waals surface area contributed by atoms with Crippen LogP contribution in [-0.2, 0) is 10.2 Å². The maximum Gasteiger partial charge on any atom is 0.216 e. The number of carbonyl (C=O) groups excluding carboxylic acids is 1. The van der Waals surface area contributed by atoms with E-state index in [1.54, 1.807) is 18.2 Å². The minimum absolute atomic E-state index is 0.164. The minimum Gasteiger partial charge on any atom is -0.390 e. The monoisotopic (exact) mass is 288 g/mol. The van der Waals surface area contributed by atoms with Gasteiger partial charge >= 0.3 is 0 Å². The van der Waals surface area contributed by atoms with Crippen LogP contribution in [0.2, 0.25) is 0 Å². The molecule has 3 N–H and O–H groups in total. The first-order valence-electron chi connectivity index (χ1n) is 7.11. The number of nitrogens with zero attached hydrogens (tertiary/aromatic N) is 1. The van der Waals surface area contributed by atoms with Gasteiger partial charge in [0.1, 0.15) is 6.10 Å². The molecule has 2 atom stereocenters.